The Balaban J connectivity index is 3.24. The molecule has 2 unspecified atom stereocenters. The van der Waals surface area contributed by atoms with Crippen LogP contribution in [-0.2, 0) is 23.1 Å². The maximum atomic E-state index is 14.4. The Labute approximate surface area is 137 Å². The Morgan fingerprint density at radius 3 is 2.50 bits per heavy atom. The summed E-state index contributed by atoms with van der Waals surface area (Å²) in [6.07, 6.45) is -3.44. The molecule has 0 spiro atoms. The second kappa shape index (κ2) is 7.49. The van der Waals surface area contributed by atoms with Gasteiger partial charge in [-0.2, -0.15) is 18.3 Å². The molecular weight excluding hydrogens is 354 g/mol. The van der Waals surface area contributed by atoms with E-state index in [0.717, 1.165) is 13.5 Å². The highest BCUT2D eigenvalue weighted by Crippen LogP contribution is 2.37. The van der Waals surface area contributed by atoms with Crippen LogP contribution in [-0.4, -0.2) is 28.4 Å². The summed E-state index contributed by atoms with van der Waals surface area (Å²) in [7, 11) is -3.82. The Morgan fingerprint density at radius 2 is 2.04 bits per heavy atom. The van der Waals surface area contributed by atoms with Gasteiger partial charge in [-0.1, -0.05) is 31.8 Å². The van der Waals surface area contributed by atoms with Gasteiger partial charge in [-0.05, 0) is 5.92 Å². The molecule has 0 amide bonds. The van der Waals surface area contributed by atoms with Crippen LogP contribution < -0.4 is 0 Å². The predicted molar refractivity (Wildman–Crippen MR) is 78.9 cm³/mol. The van der Waals surface area contributed by atoms with Crippen molar-refractivity contribution in [2.24, 2.45) is 18.1 Å². The molecule has 1 aromatic heterocycles. The summed E-state index contributed by atoms with van der Waals surface area (Å²) < 4.78 is 78.3. The van der Waals surface area contributed by atoms with Gasteiger partial charge in [-0.15, -0.1) is 0 Å². The van der Waals surface area contributed by atoms with Crippen molar-refractivity contribution in [3.8, 4) is 0 Å². The van der Waals surface area contributed by atoms with Crippen LogP contribution in [0.3, 0.4) is 0 Å². The van der Waals surface area contributed by atoms with Crippen LogP contribution in [0.2, 0.25) is 0 Å². The number of sulfone groups is 1. The summed E-state index contributed by atoms with van der Waals surface area (Å²) in [6.45, 7) is 3.52. The van der Waals surface area contributed by atoms with Gasteiger partial charge < -0.3 is 5.21 Å². The largest absolute Gasteiger partial charge is 0.419 e. The summed E-state index contributed by atoms with van der Waals surface area (Å²) in [4.78, 5) is 0. The molecule has 0 aliphatic carbocycles. The van der Waals surface area contributed by atoms with Gasteiger partial charge in [0, 0.05) is 19.7 Å². The average Bonchev–Trinajstić information content (AvgIpc) is 2.86. The Hall–Kier alpha value is -1.65. The third kappa shape index (κ3) is 4.46. The lowest BCUT2D eigenvalue weighted by molar-refractivity contribution is -0.138. The van der Waals surface area contributed by atoms with E-state index in [1.54, 1.807) is 6.92 Å². The van der Waals surface area contributed by atoms with E-state index in [-0.39, 0.29) is 12.3 Å². The molecule has 0 aliphatic rings. The Bertz CT molecular complexity index is 698. The van der Waals surface area contributed by atoms with Crippen molar-refractivity contribution in [1.29, 1.82) is 0 Å². The van der Waals surface area contributed by atoms with Crippen molar-refractivity contribution < 1.29 is 31.2 Å². The second-order valence-corrected chi connectivity index (χ2v) is 7.53. The number of aryl methyl sites for hydroxylation is 1. The van der Waals surface area contributed by atoms with E-state index in [4.69, 9.17) is 5.21 Å². The fourth-order valence-corrected chi connectivity index (χ4v) is 3.60. The molecule has 24 heavy (non-hydrogen) atoms. The molecule has 0 radical (unpaired) electrons. The summed E-state index contributed by atoms with van der Waals surface area (Å²) >= 11 is 0. The standard InChI is InChI=1S/C13H19F4N3O3S/c1-4-5-8(2)6-10(19-21)24(22,23)12(14)11-9(13(15,16)17)7-20(3)18-11/h7-8,12,21H,4-6H2,1-3H3/b19-10+. The summed E-state index contributed by atoms with van der Waals surface area (Å²) in [6, 6.07) is 0. The number of alkyl halides is 4. The molecule has 1 aromatic rings. The van der Waals surface area contributed by atoms with Gasteiger partial charge in [0.1, 0.15) is 11.3 Å². The molecular formula is C13H19F4N3O3S. The SMILES string of the molecule is CCCC(C)C/C(=N\O)S(=O)(=O)C(F)c1nn(C)cc1C(F)(F)F. The van der Waals surface area contributed by atoms with Crippen molar-refractivity contribution in [3.63, 3.8) is 0 Å². The Morgan fingerprint density at radius 1 is 1.46 bits per heavy atom. The molecule has 0 saturated carbocycles. The first kappa shape index (κ1) is 20.4. The summed E-state index contributed by atoms with van der Waals surface area (Å²) in [5.74, 6) is -0.242. The number of oxime groups is 1. The minimum Gasteiger partial charge on any atom is -0.410 e. The highest BCUT2D eigenvalue weighted by molar-refractivity contribution is 8.06. The van der Waals surface area contributed by atoms with Gasteiger partial charge in [-0.3, -0.25) is 4.68 Å². The molecule has 2 atom stereocenters. The lowest BCUT2D eigenvalue weighted by atomic mass is 10.0. The van der Waals surface area contributed by atoms with Crippen LogP contribution >= 0.6 is 0 Å². The quantitative estimate of drug-likeness (QED) is 0.272. The summed E-state index contributed by atoms with van der Waals surface area (Å²) in [5, 5.41) is 13.9. The smallest absolute Gasteiger partial charge is 0.410 e. The maximum Gasteiger partial charge on any atom is 0.419 e. The lowest BCUT2D eigenvalue weighted by Crippen LogP contribution is -2.24. The summed E-state index contributed by atoms with van der Waals surface area (Å²) in [5.41, 5.74) is -5.83. The van der Waals surface area contributed by atoms with Crippen molar-refractivity contribution in [3.05, 3.63) is 17.5 Å². The van der Waals surface area contributed by atoms with Gasteiger partial charge >= 0.3 is 6.18 Å². The van der Waals surface area contributed by atoms with Gasteiger partial charge in [0.05, 0.1) is 0 Å². The first-order valence-corrected chi connectivity index (χ1v) is 8.69. The number of nitrogens with zero attached hydrogens (tertiary/aromatic N) is 3. The van der Waals surface area contributed by atoms with Crippen molar-refractivity contribution in [2.45, 2.75) is 44.8 Å². The zero-order valence-electron chi connectivity index (χ0n) is 13.4. The monoisotopic (exact) mass is 373 g/mol. The van der Waals surface area contributed by atoms with E-state index >= 15 is 0 Å². The van der Waals surface area contributed by atoms with Gasteiger partial charge in [0.2, 0.25) is 9.84 Å². The molecule has 6 nitrogen and oxygen atoms in total. The van der Waals surface area contributed by atoms with E-state index in [1.165, 1.54) is 0 Å². The zero-order valence-corrected chi connectivity index (χ0v) is 14.2. The first-order chi connectivity index (χ1) is 10.9. The van der Waals surface area contributed by atoms with Crippen LogP contribution in [0.15, 0.2) is 11.4 Å². The Kier molecular flexibility index (Phi) is 6.37. The zero-order chi connectivity index (χ0) is 18.7. The van der Waals surface area contributed by atoms with E-state index < -0.39 is 37.8 Å². The number of hydrogen-bond acceptors (Lipinski definition) is 5. The molecule has 1 heterocycles. The predicted octanol–water partition coefficient (Wildman–Crippen LogP) is 3.44. The van der Waals surface area contributed by atoms with Crippen LogP contribution in [0.4, 0.5) is 17.6 Å². The van der Waals surface area contributed by atoms with Crippen LogP contribution in [0.5, 0.6) is 0 Å². The maximum absolute atomic E-state index is 14.4. The van der Waals surface area contributed by atoms with E-state index in [1.807, 2.05) is 6.92 Å². The molecule has 0 bridgehead atoms. The fourth-order valence-electron chi connectivity index (χ4n) is 2.26. The molecule has 1 N–H and O–H groups in total. The topological polar surface area (TPSA) is 84.6 Å². The molecule has 138 valence electrons. The van der Waals surface area contributed by atoms with Crippen LogP contribution in [0.1, 0.15) is 49.9 Å². The molecule has 0 aromatic carbocycles. The van der Waals surface area contributed by atoms with Crippen LogP contribution in [0.25, 0.3) is 0 Å². The van der Waals surface area contributed by atoms with E-state index in [9.17, 15) is 26.0 Å². The molecule has 0 aliphatic heterocycles. The highest BCUT2D eigenvalue weighted by atomic mass is 32.2. The third-order valence-corrected chi connectivity index (χ3v) is 5.07. The van der Waals surface area contributed by atoms with E-state index in [0.29, 0.717) is 17.3 Å². The van der Waals surface area contributed by atoms with Gasteiger partial charge in [0.25, 0.3) is 5.50 Å². The third-order valence-electron chi connectivity index (χ3n) is 3.39. The molecule has 1 rings (SSSR count). The number of halogens is 4. The first-order valence-electron chi connectivity index (χ1n) is 7.14. The normalized spacial score (nSPS) is 16.2. The van der Waals surface area contributed by atoms with Gasteiger partial charge in [-0.25, -0.2) is 12.8 Å². The van der Waals surface area contributed by atoms with Gasteiger partial charge in [0.15, 0.2) is 5.04 Å². The second-order valence-electron chi connectivity index (χ2n) is 5.55. The molecule has 0 fully saturated rings. The minimum atomic E-state index is -4.96. The minimum absolute atomic E-state index is 0.242. The van der Waals surface area contributed by atoms with Crippen molar-refractivity contribution in [1.82, 2.24) is 9.78 Å². The van der Waals surface area contributed by atoms with Crippen molar-refractivity contribution >= 4 is 14.9 Å². The fraction of sp³-hybridized carbons (Fsp3) is 0.692. The number of hydrogen-bond donors (Lipinski definition) is 1. The van der Waals surface area contributed by atoms with Crippen LogP contribution in [0, 0.1) is 5.92 Å². The molecule has 0 saturated heterocycles. The van der Waals surface area contributed by atoms with Crippen molar-refractivity contribution in [2.75, 3.05) is 0 Å². The number of aromatic nitrogens is 2. The van der Waals surface area contributed by atoms with E-state index in [2.05, 4.69) is 10.3 Å². The molecule has 11 heteroatoms. The highest BCUT2D eigenvalue weighted by Gasteiger charge is 2.44. The average molecular weight is 373 g/mol. The lowest BCUT2D eigenvalue weighted by Gasteiger charge is -2.14. The number of rotatable bonds is 6.